The van der Waals surface area contributed by atoms with E-state index < -0.39 is 0 Å². The minimum Gasteiger partial charge on any atom is -0.370 e. The third kappa shape index (κ3) is 2.82. The molecule has 0 fully saturated rings. The van der Waals surface area contributed by atoms with Crippen molar-refractivity contribution in [2.24, 2.45) is 5.92 Å². The molecule has 3 heteroatoms. The van der Waals surface area contributed by atoms with Crippen LogP contribution in [0.15, 0.2) is 24.3 Å². The van der Waals surface area contributed by atoms with Crippen molar-refractivity contribution in [1.29, 1.82) is 0 Å². The first-order valence-corrected chi connectivity index (χ1v) is 7.94. The first-order chi connectivity index (χ1) is 10.0. The van der Waals surface area contributed by atoms with Gasteiger partial charge in [-0.05, 0) is 43.7 Å². The molecule has 1 aliphatic heterocycles. The van der Waals surface area contributed by atoms with Gasteiger partial charge in [0.1, 0.15) is 5.82 Å². The van der Waals surface area contributed by atoms with Crippen molar-refractivity contribution >= 4 is 5.82 Å². The molecule has 2 heterocycles. The fourth-order valence-corrected chi connectivity index (χ4v) is 3.28. The number of hydrogen-bond donors (Lipinski definition) is 1. The van der Waals surface area contributed by atoms with Crippen LogP contribution in [0.5, 0.6) is 0 Å². The van der Waals surface area contributed by atoms with Crippen LogP contribution in [0.1, 0.15) is 48.7 Å². The normalized spacial score (nSPS) is 17.7. The molecule has 0 saturated heterocycles. The van der Waals surface area contributed by atoms with Crippen LogP contribution < -0.4 is 5.32 Å². The smallest absolute Gasteiger partial charge is 0.125 e. The van der Waals surface area contributed by atoms with Gasteiger partial charge in [0.2, 0.25) is 0 Å². The fourth-order valence-electron chi connectivity index (χ4n) is 3.28. The number of nitrogens with zero attached hydrogens (tertiary/aromatic N) is 2. The van der Waals surface area contributed by atoms with Gasteiger partial charge in [0.15, 0.2) is 0 Å². The molecule has 0 spiro atoms. The van der Waals surface area contributed by atoms with Gasteiger partial charge in [-0.3, -0.25) is 0 Å². The van der Waals surface area contributed by atoms with Crippen LogP contribution in [0.25, 0.3) is 0 Å². The summed E-state index contributed by atoms with van der Waals surface area (Å²) < 4.78 is 2.19. The molecule has 3 rings (SSSR count). The highest BCUT2D eigenvalue weighted by molar-refractivity contribution is 5.43. The number of fused-ring (bicyclic) bond motifs is 1. The molecule has 21 heavy (non-hydrogen) atoms. The van der Waals surface area contributed by atoms with Gasteiger partial charge in [-0.2, -0.15) is 5.10 Å². The fraction of sp³-hybridized carbons (Fsp3) is 0.500. The van der Waals surface area contributed by atoms with Gasteiger partial charge >= 0.3 is 0 Å². The minimum absolute atomic E-state index is 0.364. The number of hydrogen-bond acceptors (Lipinski definition) is 2. The highest BCUT2D eigenvalue weighted by atomic mass is 15.4. The molecule has 1 aromatic heterocycles. The summed E-state index contributed by atoms with van der Waals surface area (Å²) in [5.41, 5.74) is 5.30. The summed E-state index contributed by atoms with van der Waals surface area (Å²) in [5.74, 6) is 1.81. The molecule has 3 nitrogen and oxygen atoms in total. The van der Waals surface area contributed by atoms with Crippen molar-refractivity contribution in [3.8, 4) is 0 Å². The first kappa shape index (κ1) is 14.2. The molecule has 0 saturated carbocycles. The van der Waals surface area contributed by atoms with Gasteiger partial charge < -0.3 is 5.32 Å². The molecule has 2 aromatic rings. The Labute approximate surface area is 127 Å². The van der Waals surface area contributed by atoms with E-state index in [0.717, 1.165) is 19.4 Å². The summed E-state index contributed by atoms with van der Waals surface area (Å²) in [7, 11) is 0. The predicted molar refractivity (Wildman–Crippen MR) is 87.9 cm³/mol. The Balaban J connectivity index is 1.98. The van der Waals surface area contributed by atoms with E-state index >= 15 is 0 Å². The summed E-state index contributed by atoms with van der Waals surface area (Å²) in [5, 5.41) is 8.35. The molecule has 0 radical (unpaired) electrons. The third-order valence-electron chi connectivity index (χ3n) is 4.21. The van der Waals surface area contributed by atoms with E-state index in [0.29, 0.717) is 12.0 Å². The van der Waals surface area contributed by atoms with Crippen LogP contribution in [0, 0.1) is 19.8 Å². The molecular formula is C18H25N3. The Kier molecular flexibility index (Phi) is 3.75. The maximum atomic E-state index is 4.87. The van der Waals surface area contributed by atoms with Crippen molar-refractivity contribution in [1.82, 2.24) is 9.78 Å². The predicted octanol–water partition coefficient (Wildman–Crippen LogP) is 4.10. The zero-order chi connectivity index (χ0) is 15.0. The minimum atomic E-state index is 0.364. The molecule has 1 atom stereocenters. The molecule has 1 aliphatic rings. The van der Waals surface area contributed by atoms with Crippen LogP contribution in [0.3, 0.4) is 0 Å². The van der Waals surface area contributed by atoms with Crippen molar-refractivity contribution in [3.05, 3.63) is 46.6 Å². The number of aromatic nitrogens is 2. The number of benzene rings is 1. The quantitative estimate of drug-likeness (QED) is 0.919. The third-order valence-corrected chi connectivity index (χ3v) is 4.21. The number of nitrogens with one attached hydrogen (secondary N) is 1. The maximum absolute atomic E-state index is 4.87. The topological polar surface area (TPSA) is 29.9 Å². The molecule has 0 aliphatic carbocycles. The van der Waals surface area contributed by atoms with Crippen molar-refractivity contribution in [2.45, 2.75) is 46.6 Å². The van der Waals surface area contributed by atoms with E-state index in [1.54, 1.807) is 0 Å². The Morgan fingerprint density at radius 3 is 2.81 bits per heavy atom. The summed E-state index contributed by atoms with van der Waals surface area (Å²) in [4.78, 5) is 0. The summed E-state index contributed by atoms with van der Waals surface area (Å²) >= 11 is 0. The SMILES string of the molecule is Cc1ccc(C2CCNc3cc(CC(C)C)nn32)c(C)c1. The zero-order valence-electron chi connectivity index (χ0n) is 13.5. The summed E-state index contributed by atoms with van der Waals surface area (Å²) in [6.45, 7) is 9.87. The Hall–Kier alpha value is -1.77. The van der Waals surface area contributed by atoms with E-state index in [1.807, 2.05) is 0 Å². The summed E-state index contributed by atoms with van der Waals surface area (Å²) in [6, 6.07) is 9.34. The molecule has 1 aromatic carbocycles. The van der Waals surface area contributed by atoms with E-state index in [-0.39, 0.29) is 0 Å². The molecule has 1 N–H and O–H groups in total. The second-order valence-electron chi connectivity index (χ2n) is 6.65. The van der Waals surface area contributed by atoms with Gasteiger partial charge in [0.25, 0.3) is 0 Å². The lowest BCUT2D eigenvalue weighted by atomic mass is 9.96. The number of rotatable bonds is 3. The van der Waals surface area contributed by atoms with Gasteiger partial charge in [-0.25, -0.2) is 4.68 Å². The molecule has 1 unspecified atom stereocenters. The standard InChI is InChI=1S/C18H25N3/c1-12(2)9-15-11-18-19-8-7-17(21(18)20-15)16-6-5-13(3)10-14(16)4/h5-6,10-12,17,19H,7-9H2,1-4H3. The Morgan fingerprint density at radius 1 is 1.29 bits per heavy atom. The number of aryl methyl sites for hydroxylation is 2. The molecule has 112 valence electrons. The Morgan fingerprint density at radius 2 is 2.10 bits per heavy atom. The lowest BCUT2D eigenvalue weighted by Crippen LogP contribution is -2.25. The van der Waals surface area contributed by atoms with Gasteiger partial charge in [0, 0.05) is 12.6 Å². The average Bonchev–Trinajstić information content (AvgIpc) is 2.80. The van der Waals surface area contributed by atoms with Crippen molar-refractivity contribution in [2.75, 3.05) is 11.9 Å². The number of anilines is 1. The largest absolute Gasteiger partial charge is 0.370 e. The van der Waals surface area contributed by atoms with Crippen LogP contribution >= 0.6 is 0 Å². The second-order valence-corrected chi connectivity index (χ2v) is 6.65. The van der Waals surface area contributed by atoms with Crippen LogP contribution in [0.2, 0.25) is 0 Å². The van der Waals surface area contributed by atoms with Gasteiger partial charge in [-0.1, -0.05) is 37.6 Å². The van der Waals surface area contributed by atoms with Crippen LogP contribution in [-0.2, 0) is 6.42 Å². The van der Waals surface area contributed by atoms with E-state index in [9.17, 15) is 0 Å². The van der Waals surface area contributed by atoms with Gasteiger partial charge in [0.05, 0.1) is 11.7 Å². The van der Waals surface area contributed by atoms with Crippen molar-refractivity contribution in [3.63, 3.8) is 0 Å². The van der Waals surface area contributed by atoms with E-state index in [1.165, 1.54) is 28.2 Å². The highest BCUT2D eigenvalue weighted by Crippen LogP contribution is 2.32. The second kappa shape index (κ2) is 5.55. The van der Waals surface area contributed by atoms with E-state index in [2.05, 4.69) is 62.0 Å². The average molecular weight is 283 g/mol. The van der Waals surface area contributed by atoms with Crippen molar-refractivity contribution < 1.29 is 0 Å². The maximum Gasteiger partial charge on any atom is 0.125 e. The Bertz CT molecular complexity index is 640. The molecule has 0 bridgehead atoms. The summed E-state index contributed by atoms with van der Waals surface area (Å²) in [6.07, 6.45) is 2.14. The van der Waals surface area contributed by atoms with Crippen LogP contribution in [0.4, 0.5) is 5.82 Å². The van der Waals surface area contributed by atoms with E-state index in [4.69, 9.17) is 5.10 Å². The lowest BCUT2D eigenvalue weighted by Gasteiger charge is -2.27. The molecule has 0 amide bonds. The highest BCUT2D eigenvalue weighted by Gasteiger charge is 2.24. The van der Waals surface area contributed by atoms with Crippen LogP contribution in [-0.4, -0.2) is 16.3 Å². The van der Waals surface area contributed by atoms with Gasteiger partial charge in [-0.15, -0.1) is 0 Å². The molecular weight excluding hydrogens is 258 g/mol. The lowest BCUT2D eigenvalue weighted by molar-refractivity contribution is 0.472. The monoisotopic (exact) mass is 283 g/mol. The zero-order valence-corrected chi connectivity index (χ0v) is 13.5. The first-order valence-electron chi connectivity index (χ1n) is 7.94.